The van der Waals surface area contributed by atoms with E-state index in [9.17, 15) is 14.7 Å². The van der Waals surface area contributed by atoms with Crippen molar-refractivity contribution in [1.82, 2.24) is 10.6 Å². The molecule has 188 valence electrons. The third kappa shape index (κ3) is 6.14. The minimum Gasteiger partial charge on any atom is -0.496 e. The van der Waals surface area contributed by atoms with Crippen LogP contribution < -0.4 is 15.4 Å². The number of nitrogens with one attached hydrogen (secondary N) is 2. The lowest BCUT2D eigenvalue weighted by Crippen LogP contribution is -2.47. The molecule has 2 atom stereocenters. The summed E-state index contributed by atoms with van der Waals surface area (Å²) in [5, 5.41) is 16.1. The van der Waals surface area contributed by atoms with E-state index in [4.69, 9.17) is 9.47 Å². The van der Waals surface area contributed by atoms with Crippen molar-refractivity contribution in [2.24, 2.45) is 0 Å². The highest BCUT2D eigenvalue weighted by molar-refractivity contribution is 5.97. The second-order valence-electron chi connectivity index (χ2n) is 9.74. The van der Waals surface area contributed by atoms with E-state index in [2.05, 4.69) is 22.8 Å². The van der Waals surface area contributed by atoms with E-state index in [0.29, 0.717) is 37.1 Å². The summed E-state index contributed by atoms with van der Waals surface area (Å²) in [7, 11) is 1.56. The van der Waals surface area contributed by atoms with E-state index in [1.165, 1.54) is 5.56 Å². The van der Waals surface area contributed by atoms with Gasteiger partial charge >= 0.3 is 6.09 Å². The number of carbonyl (C=O) groups excluding carboxylic acids is 2. The molecule has 2 saturated carbocycles. The van der Waals surface area contributed by atoms with Crippen LogP contribution >= 0.6 is 0 Å². The fourth-order valence-electron chi connectivity index (χ4n) is 5.41. The third-order valence-corrected chi connectivity index (χ3v) is 7.52. The van der Waals surface area contributed by atoms with Crippen LogP contribution in [-0.4, -0.2) is 49.0 Å². The molecule has 0 saturated heterocycles. The van der Waals surface area contributed by atoms with Gasteiger partial charge in [0.05, 0.1) is 24.8 Å². The molecule has 4 rings (SSSR count). The molecular weight excluding hydrogens is 444 g/mol. The summed E-state index contributed by atoms with van der Waals surface area (Å²) in [6.07, 6.45) is 5.35. The molecule has 7 nitrogen and oxygen atoms in total. The monoisotopic (exact) mass is 480 g/mol. The van der Waals surface area contributed by atoms with Crippen LogP contribution in [0.1, 0.15) is 67.3 Å². The average Bonchev–Trinajstić information content (AvgIpc) is 2.90. The van der Waals surface area contributed by atoms with Gasteiger partial charge < -0.3 is 25.2 Å². The fourth-order valence-corrected chi connectivity index (χ4v) is 5.41. The largest absolute Gasteiger partial charge is 0.496 e. The molecule has 2 aromatic rings. The second-order valence-corrected chi connectivity index (χ2v) is 9.74. The number of hydrogen-bond acceptors (Lipinski definition) is 5. The van der Waals surface area contributed by atoms with Crippen molar-refractivity contribution >= 4 is 12.0 Å². The number of hydrogen-bond donors (Lipinski definition) is 3. The van der Waals surface area contributed by atoms with Gasteiger partial charge in [-0.2, -0.15) is 0 Å². The Labute approximate surface area is 207 Å². The summed E-state index contributed by atoms with van der Waals surface area (Å²) < 4.78 is 11.1. The van der Waals surface area contributed by atoms with Crippen molar-refractivity contribution < 1.29 is 24.2 Å². The van der Waals surface area contributed by atoms with E-state index in [-0.39, 0.29) is 23.5 Å². The van der Waals surface area contributed by atoms with Gasteiger partial charge in [0.1, 0.15) is 11.9 Å². The zero-order chi connectivity index (χ0) is 24.7. The molecular formula is C28H36N2O5. The zero-order valence-electron chi connectivity index (χ0n) is 20.4. The van der Waals surface area contributed by atoms with Gasteiger partial charge in [0.15, 0.2) is 0 Å². The van der Waals surface area contributed by atoms with E-state index in [0.717, 1.165) is 32.1 Å². The number of methoxy groups -OCH3 is 1. The van der Waals surface area contributed by atoms with Crippen LogP contribution in [0.25, 0.3) is 0 Å². The Morgan fingerprint density at radius 2 is 1.66 bits per heavy atom. The lowest BCUT2D eigenvalue weighted by molar-refractivity contribution is 0.0416. The maximum atomic E-state index is 13.0. The third-order valence-electron chi connectivity index (χ3n) is 7.52. The number of aliphatic hydroxyl groups is 1. The summed E-state index contributed by atoms with van der Waals surface area (Å²) >= 11 is 0. The van der Waals surface area contributed by atoms with Crippen LogP contribution in [0.3, 0.4) is 0 Å². The number of carbonyl (C=O) groups is 2. The molecule has 2 aromatic carbocycles. The van der Waals surface area contributed by atoms with Gasteiger partial charge in [-0.1, -0.05) is 55.3 Å². The molecule has 7 heteroatoms. The highest BCUT2D eigenvalue weighted by Crippen LogP contribution is 2.40. The Bertz CT molecular complexity index is 988. The van der Waals surface area contributed by atoms with Gasteiger partial charge in [-0.15, -0.1) is 0 Å². The van der Waals surface area contributed by atoms with E-state index >= 15 is 0 Å². The van der Waals surface area contributed by atoms with Crippen molar-refractivity contribution in [2.45, 2.75) is 75.0 Å². The van der Waals surface area contributed by atoms with Crippen LogP contribution in [-0.2, 0) is 10.2 Å². The van der Waals surface area contributed by atoms with Crippen LogP contribution in [0, 0.1) is 0 Å². The molecule has 0 heterocycles. The summed E-state index contributed by atoms with van der Waals surface area (Å²) in [6, 6.07) is 17.2. The Balaban J connectivity index is 1.38. The van der Waals surface area contributed by atoms with Gasteiger partial charge in [-0.3, -0.25) is 4.79 Å². The lowest BCUT2D eigenvalue weighted by Gasteiger charge is -2.40. The summed E-state index contributed by atoms with van der Waals surface area (Å²) in [4.78, 5) is 25.5. The normalized spacial score (nSPS) is 26.4. The summed E-state index contributed by atoms with van der Waals surface area (Å²) in [5.74, 6) is 0.381. The van der Waals surface area contributed by atoms with Crippen molar-refractivity contribution in [1.29, 1.82) is 0 Å². The van der Waals surface area contributed by atoms with Crippen molar-refractivity contribution in [3.05, 3.63) is 65.7 Å². The Kier molecular flexibility index (Phi) is 8.29. The first-order chi connectivity index (χ1) is 17.0. The highest BCUT2D eigenvalue weighted by atomic mass is 16.6. The SMILES string of the molecule is COc1ccccc1C(=O)NCC1(c2ccccc2)CCC(OC(=O)NC2CCCCC2O)CC1. The number of ether oxygens (including phenoxy) is 2. The van der Waals surface area contributed by atoms with Gasteiger partial charge in [0.25, 0.3) is 5.91 Å². The second kappa shape index (κ2) is 11.6. The van der Waals surface area contributed by atoms with Gasteiger partial charge in [0.2, 0.25) is 0 Å². The molecule has 2 fully saturated rings. The zero-order valence-corrected chi connectivity index (χ0v) is 20.4. The number of aliphatic hydroxyl groups excluding tert-OH is 1. The molecule has 0 spiro atoms. The molecule has 2 amide bonds. The number of amides is 2. The first-order valence-corrected chi connectivity index (χ1v) is 12.6. The Morgan fingerprint density at radius 1 is 0.971 bits per heavy atom. The van der Waals surface area contributed by atoms with Crippen LogP contribution in [0.2, 0.25) is 0 Å². The molecule has 0 aromatic heterocycles. The van der Waals surface area contributed by atoms with Gasteiger partial charge in [0, 0.05) is 12.0 Å². The number of benzene rings is 2. The van der Waals surface area contributed by atoms with Crippen LogP contribution in [0.15, 0.2) is 54.6 Å². The van der Waals surface area contributed by atoms with Crippen molar-refractivity contribution in [3.63, 3.8) is 0 Å². The Hall–Kier alpha value is -3.06. The molecule has 0 radical (unpaired) electrons. The lowest BCUT2D eigenvalue weighted by atomic mass is 9.68. The van der Waals surface area contributed by atoms with Crippen LogP contribution in [0.5, 0.6) is 5.75 Å². The van der Waals surface area contributed by atoms with Gasteiger partial charge in [-0.05, 0) is 56.2 Å². The highest BCUT2D eigenvalue weighted by Gasteiger charge is 2.39. The first-order valence-electron chi connectivity index (χ1n) is 12.6. The smallest absolute Gasteiger partial charge is 0.407 e. The first kappa shape index (κ1) is 25.0. The minimum absolute atomic E-state index is 0.165. The fraction of sp³-hybridized carbons (Fsp3) is 0.500. The minimum atomic E-state index is -0.500. The van der Waals surface area contributed by atoms with Gasteiger partial charge in [-0.25, -0.2) is 4.79 Å². The molecule has 3 N–H and O–H groups in total. The van der Waals surface area contributed by atoms with Crippen molar-refractivity contribution in [3.8, 4) is 5.75 Å². The predicted octanol–water partition coefficient (Wildman–Crippen LogP) is 4.34. The quantitative estimate of drug-likeness (QED) is 0.548. The molecule has 0 bridgehead atoms. The molecule has 2 aliphatic carbocycles. The number of rotatable bonds is 7. The standard InChI is InChI=1S/C28H36N2O5/c1-34-25-14-8-5-11-22(25)26(32)29-19-28(20-9-3-2-4-10-20)17-15-21(16-18-28)35-27(33)30-23-12-6-7-13-24(23)31/h2-5,8-11,14,21,23-24,31H,6-7,12-13,15-19H2,1H3,(H,29,32)(H,30,33). The summed E-state index contributed by atoms with van der Waals surface area (Å²) in [5.41, 5.74) is 1.44. The number of alkyl carbamates (subject to hydrolysis) is 1. The Morgan fingerprint density at radius 3 is 2.37 bits per heavy atom. The summed E-state index contributed by atoms with van der Waals surface area (Å²) in [6.45, 7) is 0.487. The maximum absolute atomic E-state index is 13.0. The van der Waals surface area contributed by atoms with E-state index < -0.39 is 12.2 Å². The van der Waals surface area contributed by atoms with Crippen molar-refractivity contribution in [2.75, 3.05) is 13.7 Å². The molecule has 35 heavy (non-hydrogen) atoms. The number of para-hydroxylation sites is 1. The van der Waals surface area contributed by atoms with E-state index in [1.807, 2.05) is 30.3 Å². The molecule has 0 aliphatic heterocycles. The molecule has 2 aliphatic rings. The average molecular weight is 481 g/mol. The maximum Gasteiger partial charge on any atom is 0.407 e. The topological polar surface area (TPSA) is 96.9 Å². The molecule has 2 unspecified atom stereocenters. The predicted molar refractivity (Wildman–Crippen MR) is 134 cm³/mol. The van der Waals surface area contributed by atoms with Crippen LogP contribution in [0.4, 0.5) is 4.79 Å². The van der Waals surface area contributed by atoms with E-state index in [1.54, 1.807) is 19.2 Å².